The van der Waals surface area contributed by atoms with Crippen molar-refractivity contribution in [2.45, 2.75) is 87.2 Å². The van der Waals surface area contributed by atoms with E-state index in [-0.39, 0.29) is 40.8 Å². The first-order valence-electron chi connectivity index (χ1n) is 10.8. The molecule has 0 bridgehead atoms. The molecule has 6 unspecified atom stereocenters. The van der Waals surface area contributed by atoms with Crippen molar-refractivity contribution >= 4 is 29.1 Å². The first-order chi connectivity index (χ1) is 13.0. The fourth-order valence-corrected chi connectivity index (χ4v) is 7.88. The number of piperidine rings is 1. The summed E-state index contributed by atoms with van der Waals surface area (Å²) in [6.45, 7) is 3.24. The Morgan fingerprint density at radius 1 is 1.19 bits per heavy atom. The molecule has 4 rings (SSSR count). The van der Waals surface area contributed by atoms with E-state index in [0.717, 1.165) is 25.8 Å². The normalized spacial score (nSPS) is 45.4. The molecule has 1 amide bonds. The van der Waals surface area contributed by atoms with Crippen molar-refractivity contribution in [3.8, 4) is 0 Å². The van der Waals surface area contributed by atoms with E-state index in [1.807, 2.05) is 0 Å². The van der Waals surface area contributed by atoms with Crippen LogP contribution in [0, 0.1) is 17.3 Å². The van der Waals surface area contributed by atoms with Crippen LogP contribution in [-0.4, -0.2) is 59.9 Å². The number of halogens is 2. The lowest BCUT2D eigenvalue weighted by atomic mass is 9.53. The van der Waals surface area contributed by atoms with Gasteiger partial charge in [-0.1, -0.05) is 19.3 Å². The Kier molecular flexibility index (Phi) is 6.01. The molecule has 4 fully saturated rings. The number of alkyl halides is 2. The van der Waals surface area contributed by atoms with Crippen LogP contribution in [0.25, 0.3) is 0 Å². The Bertz CT molecular complexity index is 556. The van der Waals surface area contributed by atoms with Crippen LogP contribution in [-0.2, 0) is 9.53 Å². The zero-order valence-electron chi connectivity index (χ0n) is 16.6. The second-order valence-corrected chi connectivity index (χ2v) is 10.3. The Morgan fingerprint density at radius 2 is 1.93 bits per heavy atom. The summed E-state index contributed by atoms with van der Waals surface area (Å²) in [5, 5.41) is 3.97. The van der Waals surface area contributed by atoms with Crippen LogP contribution in [0.3, 0.4) is 0 Å². The number of amides is 1. The molecule has 4 nitrogen and oxygen atoms in total. The van der Waals surface area contributed by atoms with Crippen LogP contribution in [0.2, 0.25) is 0 Å². The van der Waals surface area contributed by atoms with Gasteiger partial charge >= 0.3 is 0 Å². The molecule has 27 heavy (non-hydrogen) atoms. The van der Waals surface area contributed by atoms with Crippen LogP contribution in [0.5, 0.6) is 0 Å². The number of ether oxygens (including phenoxy) is 1. The molecule has 2 saturated heterocycles. The first kappa shape index (κ1) is 20.3. The predicted molar refractivity (Wildman–Crippen MR) is 109 cm³/mol. The van der Waals surface area contributed by atoms with Gasteiger partial charge in [-0.3, -0.25) is 4.79 Å². The maximum absolute atomic E-state index is 12.7. The smallest absolute Gasteiger partial charge is 0.248 e. The molecule has 2 heterocycles. The van der Waals surface area contributed by atoms with E-state index < -0.39 is 0 Å². The Morgan fingerprint density at radius 3 is 2.63 bits per heavy atom. The summed E-state index contributed by atoms with van der Waals surface area (Å²) in [7, 11) is 1.60. The molecule has 6 heteroatoms. The summed E-state index contributed by atoms with van der Waals surface area (Å²) in [6.07, 6.45) is 9.76. The number of methoxy groups -OCH3 is 1. The van der Waals surface area contributed by atoms with Crippen molar-refractivity contribution < 1.29 is 9.53 Å². The Labute approximate surface area is 173 Å². The van der Waals surface area contributed by atoms with E-state index in [2.05, 4.69) is 17.1 Å². The second kappa shape index (κ2) is 8.01. The quantitative estimate of drug-likeness (QED) is 0.711. The van der Waals surface area contributed by atoms with Crippen molar-refractivity contribution in [3.63, 3.8) is 0 Å². The fraction of sp³-hybridized carbons (Fsp3) is 0.952. The number of carbonyl (C=O) groups excluding carboxylic acids is 1. The second-order valence-electron chi connectivity index (χ2n) is 9.27. The third-order valence-corrected chi connectivity index (χ3v) is 9.36. The van der Waals surface area contributed by atoms with Gasteiger partial charge in [-0.15, -0.1) is 23.2 Å². The van der Waals surface area contributed by atoms with Crippen molar-refractivity contribution in [1.82, 2.24) is 10.2 Å². The number of hydrogen-bond donors (Lipinski definition) is 1. The van der Waals surface area contributed by atoms with E-state index in [4.69, 9.17) is 27.9 Å². The third kappa shape index (κ3) is 3.23. The molecule has 0 aromatic heterocycles. The molecule has 0 aromatic rings. The Hall–Kier alpha value is -0.0300. The van der Waals surface area contributed by atoms with E-state index in [9.17, 15) is 4.79 Å². The monoisotopic (exact) mass is 416 g/mol. The van der Waals surface area contributed by atoms with Crippen molar-refractivity contribution in [3.05, 3.63) is 0 Å². The van der Waals surface area contributed by atoms with Gasteiger partial charge in [0, 0.05) is 37.7 Å². The van der Waals surface area contributed by atoms with Crippen LogP contribution >= 0.6 is 23.2 Å². The van der Waals surface area contributed by atoms with Crippen LogP contribution in [0.1, 0.15) is 58.3 Å². The zero-order chi connectivity index (χ0) is 19.2. The van der Waals surface area contributed by atoms with Gasteiger partial charge in [0.2, 0.25) is 5.91 Å². The van der Waals surface area contributed by atoms with Gasteiger partial charge in [0.1, 0.15) is 6.61 Å². The lowest BCUT2D eigenvalue weighted by Gasteiger charge is -2.56. The summed E-state index contributed by atoms with van der Waals surface area (Å²) in [5.74, 6) is 1.29. The maximum Gasteiger partial charge on any atom is 0.248 e. The number of fused-ring (bicyclic) bond motifs is 3. The molecule has 2 aliphatic heterocycles. The maximum atomic E-state index is 12.7. The molecule has 1 N–H and O–H groups in total. The van der Waals surface area contributed by atoms with Gasteiger partial charge in [0.25, 0.3) is 0 Å². The topological polar surface area (TPSA) is 41.6 Å². The minimum atomic E-state index is -0.0248. The minimum Gasteiger partial charge on any atom is -0.375 e. The lowest BCUT2D eigenvalue weighted by molar-refractivity contribution is -0.143. The van der Waals surface area contributed by atoms with Gasteiger partial charge < -0.3 is 15.0 Å². The van der Waals surface area contributed by atoms with Crippen molar-refractivity contribution in [1.29, 1.82) is 0 Å². The lowest BCUT2D eigenvalue weighted by Crippen LogP contribution is -2.60. The molecule has 7 atom stereocenters. The summed E-state index contributed by atoms with van der Waals surface area (Å²) in [6, 6.07) is 0.941. The highest BCUT2D eigenvalue weighted by Crippen LogP contribution is 2.60. The number of carbonyl (C=O) groups is 1. The Balaban J connectivity index is 1.69. The molecular weight excluding hydrogens is 383 g/mol. The zero-order valence-corrected chi connectivity index (χ0v) is 18.1. The average Bonchev–Trinajstić information content (AvgIpc) is 3.03. The SMILES string of the molecule is COCC(=O)N1CCC2NC3C(Cl)C(Cl)CCC3(C3CCCCC3)C2[C@H]1C. The summed E-state index contributed by atoms with van der Waals surface area (Å²) < 4.78 is 5.15. The van der Waals surface area contributed by atoms with Gasteiger partial charge in [0.15, 0.2) is 0 Å². The van der Waals surface area contributed by atoms with Crippen LogP contribution < -0.4 is 5.32 Å². The summed E-state index contributed by atoms with van der Waals surface area (Å²) in [4.78, 5) is 14.8. The van der Waals surface area contributed by atoms with Gasteiger partial charge in [-0.2, -0.15) is 0 Å². The largest absolute Gasteiger partial charge is 0.375 e. The van der Waals surface area contributed by atoms with Crippen molar-refractivity contribution in [2.75, 3.05) is 20.3 Å². The minimum absolute atomic E-state index is 0.0248. The molecule has 2 saturated carbocycles. The molecule has 2 aliphatic carbocycles. The molecule has 4 aliphatic rings. The number of nitrogens with zero attached hydrogens (tertiary/aromatic N) is 1. The molecule has 0 radical (unpaired) electrons. The molecular formula is C21H34Cl2N2O2. The highest BCUT2D eigenvalue weighted by molar-refractivity contribution is 6.30. The molecule has 154 valence electrons. The predicted octanol–water partition coefficient (Wildman–Crippen LogP) is 3.79. The van der Waals surface area contributed by atoms with Gasteiger partial charge in [-0.25, -0.2) is 0 Å². The summed E-state index contributed by atoms with van der Waals surface area (Å²) >= 11 is 13.6. The van der Waals surface area contributed by atoms with E-state index in [1.54, 1.807) is 7.11 Å². The third-order valence-electron chi connectivity index (χ3n) is 8.19. The van der Waals surface area contributed by atoms with E-state index >= 15 is 0 Å². The highest BCUT2D eigenvalue weighted by atomic mass is 35.5. The number of hydrogen-bond acceptors (Lipinski definition) is 3. The van der Waals surface area contributed by atoms with Crippen LogP contribution in [0.15, 0.2) is 0 Å². The molecule has 0 aromatic carbocycles. The van der Waals surface area contributed by atoms with Crippen LogP contribution in [0.4, 0.5) is 0 Å². The summed E-state index contributed by atoms with van der Waals surface area (Å²) in [5.41, 5.74) is 0.175. The number of likely N-dealkylation sites (tertiary alicyclic amines) is 1. The van der Waals surface area contributed by atoms with Crippen molar-refractivity contribution in [2.24, 2.45) is 17.3 Å². The number of rotatable bonds is 3. The fourth-order valence-electron chi connectivity index (χ4n) is 7.19. The van der Waals surface area contributed by atoms with Gasteiger partial charge in [0.05, 0.1) is 10.8 Å². The molecule has 0 spiro atoms. The number of nitrogens with one attached hydrogen (secondary N) is 1. The first-order valence-corrected chi connectivity index (χ1v) is 11.7. The highest BCUT2D eigenvalue weighted by Gasteiger charge is 2.65. The van der Waals surface area contributed by atoms with E-state index in [0.29, 0.717) is 17.9 Å². The average molecular weight is 417 g/mol. The standard InChI is InChI=1S/C21H34Cl2N2O2/c1-13-18-16(9-11-25(13)17(26)12-27-2)24-20-19(23)15(22)8-10-21(18,20)14-6-4-3-5-7-14/h13-16,18-20,24H,3-12H2,1-2H3/t13-,15?,16?,18?,19?,20?,21?/m1/s1. The van der Waals surface area contributed by atoms with E-state index in [1.165, 1.54) is 32.1 Å². The van der Waals surface area contributed by atoms with Gasteiger partial charge in [-0.05, 0) is 50.4 Å².